The summed E-state index contributed by atoms with van der Waals surface area (Å²) in [7, 11) is 0. The number of ether oxygens (including phenoxy) is 2. The van der Waals surface area contributed by atoms with Gasteiger partial charge in [-0.3, -0.25) is 9.59 Å². The smallest absolute Gasteiger partial charge is 0.319 e. The maximum Gasteiger partial charge on any atom is 0.319 e. The molecule has 0 aliphatic carbocycles. The number of carbonyl (C=O) groups is 2. The largest absolute Gasteiger partial charge is 0.492 e. The lowest BCUT2D eigenvalue weighted by atomic mass is 9.79. The zero-order valence-corrected chi connectivity index (χ0v) is 11.4. The molecule has 0 saturated heterocycles. The summed E-state index contributed by atoms with van der Waals surface area (Å²) in [6, 6.07) is 7.43. The SMILES string of the molecule is CCOC(=O)C(C)(C)C(=O)C1COc2ccccc21. The molecule has 2 rings (SSSR count). The number of carbonyl (C=O) groups excluding carboxylic acids is 2. The third-order valence-electron chi connectivity index (χ3n) is 3.42. The number of Topliss-reactive ketones (excluding diaryl/α,β-unsaturated/α-hetero) is 1. The molecule has 1 atom stereocenters. The molecule has 0 amide bonds. The summed E-state index contributed by atoms with van der Waals surface area (Å²) in [5, 5.41) is 0. The lowest BCUT2D eigenvalue weighted by molar-refractivity contribution is -0.158. The predicted molar refractivity (Wildman–Crippen MR) is 70.1 cm³/mol. The van der Waals surface area contributed by atoms with Gasteiger partial charge in [0.15, 0.2) is 5.78 Å². The minimum absolute atomic E-state index is 0.157. The summed E-state index contributed by atoms with van der Waals surface area (Å²) in [5.74, 6) is -0.309. The van der Waals surface area contributed by atoms with E-state index in [1.807, 2.05) is 24.3 Å². The molecule has 0 radical (unpaired) electrons. The lowest BCUT2D eigenvalue weighted by Gasteiger charge is -2.23. The highest BCUT2D eigenvalue weighted by Crippen LogP contribution is 2.38. The molecule has 1 heterocycles. The zero-order valence-electron chi connectivity index (χ0n) is 11.4. The van der Waals surface area contributed by atoms with Crippen molar-refractivity contribution in [3.05, 3.63) is 29.8 Å². The average molecular weight is 262 g/mol. The van der Waals surface area contributed by atoms with Crippen molar-refractivity contribution in [2.45, 2.75) is 26.7 Å². The molecule has 1 aliphatic rings. The van der Waals surface area contributed by atoms with Crippen LogP contribution in [0.5, 0.6) is 5.75 Å². The molecule has 1 unspecified atom stereocenters. The molecule has 19 heavy (non-hydrogen) atoms. The first-order chi connectivity index (χ1) is 8.98. The predicted octanol–water partition coefficient (Wildman–Crippen LogP) is 2.32. The van der Waals surface area contributed by atoms with E-state index in [-0.39, 0.29) is 12.4 Å². The van der Waals surface area contributed by atoms with Gasteiger partial charge in [-0.2, -0.15) is 0 Å². The second-order valence-corrected chi connectivity index (χ2v) is 5.11. The Kier molecular flexibility index (Phi) is 3.60. The van der Waals surface area contributed by atoms with Crippen molar-refractivity contribution in [1.82, 2.24) is 0 Å². The molecule has 102 valence electrons. The van der Waals surface area contributed by atoms with E-state index in [4.69, 9.17) is 9.47 Å². The van der Waals surface area contributed by atoms with E-state index in [0.29, 0.717) is 6.61 Å². The van der Waals surface area contributed by atoms with Crippen molar-refractivity contribution in [2.24, 2.45) is 5.41 Å². The van der Waals surface area contributed by atoms with Gasteiger partial charge < -0.3 is 9.47 Å². The van der Waals surface area contributed by atoms with Gasteiger partial charge in [0.1, 0.15) is 17.8 Å². The third-order valence-corrected chi connectivity index (χ3v) is 3.42. The Bertz CT molecular complexity index is 505. The Hall–Kier alpha value is -1.84. The van der Waals surface area contributed by atoms with Gasteiger partial charge in [0.25, 0.3) is 0 Å². The number of benzene rings is 1. The van der Waals surface area contributed by atoms with Gasteiger partial charge >= 0.3 is 5.97 Å². The molecular formula is C15H18O4. The van der Waals surface area contributed by atoms with Gasteiger partial charge in [0.2, 0.25) is 0 Å². The maximum absolute atomic E-state index is 12.6. The van der Waals surface area contributed by atoms with E-state index in [1.165, 1.54) is 0 Å². The molecule has 0 bridgehead atoms. The molecule has 1 aliphatic heterocycles. The highest BCUT2D eigenvalue weighted by Gasteiger charge is 2.44. The van der Waals surface area contributed by atoms with Gasteiger partial charge in [0.05, 0.1) is 12.5 Å². The Balaban J connectivity index is 2.24. The summed E-state index contributed by atoms with van der Waals surface area (Å²) in [6.45, 7) is 5.50. The Morgan fingerprint density at radius 3 is 2.74 bits per heavy atom. The van der Waals surface area contributed by atoms with E-state index < -0.39 is 17.3 Å². The summed E-state index contributed by atoms with van der Waals surface area (Å²) in [6.07, 6.45) is 0. The van der Waals surface area contributed by atoms with Crippen LogP contribution < -0.4 is 4.74 Å². The number of fused-ring (bicyclic) bond motifs is 1. The number of hydrogen-bond acceptors (Lipinski definition) is 4. The van der Waals surface area contributed by atoms with Crippen LogP contribution in [0.1, 0.15) is 32.3 Å². The van der Waals surface area contributed by atoms with Crippen LogP contribution >= 0.6 is 0 Å². The normalized spacial score (nSPS) is 17.5. The van der Waals surface area contributed by atoms with Gasteiger partial charge in [0, 0.05) is 5.56 Å². The van der Waals surface area contributed by atoms with Gasteiger partial charge in [-0.25, -0.2) is 0 Å². The molecule has 4 nitrogen and oxygen atoms in total. The van der Waals surface area contributed by atoms with Crippen molar-refractivity contribution >= 4 is 11.8 Å². The second-order valence-electron chi connectivity index (χ2n) is 5.11. The molecular weight excluding hydrogens is 244 g/mol. The second kappa shape index (κ2) is 5.03. The highest BCUT2D eigenvalue weighted by atomic mass is 16.5. The highest BCUT2D eigenvalue weighted by molar-refractivity contribution is 6.06. The van der Waals surface area contributed by atoms with Crippen molar-refractivity contribution in [2.75, 3.05) is 13.2 Å². The number of hydrogen-bond donors (Lipinski definition) is 0. The van der Waals surface area contributed by atoms with Crippen LogP contribution in [0.2, 0.25) is 0 Å². The fourth-order valence-corrected chi connectivity index (χ4v) is 2.23. The quantitative estimate of drug-likeness (QED) is 0.617. The molecule has 0 N–H and O–H groups in total. The molecule has 0 saturated carbocycles. The van der Waals surface area contributed by atoms with Crippen LogP contribution in [0, 0.1) is 5.41 Å². The van der Waals surface area contributed by atoms with Crippen molar-refractivity contribution < 1.29 is 19.1 Å². The molecule has 1 aromatic carbocycles. The molecule has 1 aromatic rings. The monoisotopic (exact) mass is 262 g/mol. The Morgan fingerprint density at radius 1 is 1.37 bits per heavy atom. The first kappa shape index (κ1) is 13.6. The van der Waals surface area contributed by atoms with Crippen LogP contribution in [0.15, 0.2) is 24.3 Å². The van der Waals surface area contributed by atoms with Gasteiger partial charge in [-0.05, 0) is 26.8 Å². The number of ketones is 1. The van der Waals surface area contributed by atoms with E-state index in [9.17, 15) is 9.59 Å². The topological polar surface area (TPSA) is 52.6 Å². The van der Waals surface area contributed by atoms with E-state index in [1.54, 1.807) is 20.8 Å². The van der Waals surface area contributed by atoms with Crippen molar-refractivity contribution in [3.8, 4) is 5.75 Å². The van der Waals surface area contributed by atoms with E-state index in [2.05, 4.69) is 0 Å². The molecule has 4 heteroatoms. The summed E-state index contributed by atoms with van der Waals surface area (Å²) in [5.41, 5.74) is -0.300. The molecule has 0 spiro atoms. The maximum atomic E-state index is 12.6. The number of para-hydroxylation sites is 1. The minimum atomic E-state index is -1.15. The average Bonchev–Trinajstić information content (AvgIpc) is 2.81. The van der Waals surface area contributed by atoms with Crippen LogP contribution in [0.3, 0.4) is 0 Å². The van der Waals surface area contributed by atoms with Crippen LogP contribution in [-0.2, 0) is 14.3 Å². The fourth-order valence-electron chi connectivity index (χ4n) is 2.23. The van der Waals surface area contributed by atoms with Crippen molar-refractivity contribution in [3.63, 3.8) is 0 Å². The van der Waals surface area contributed by atoms with Crippen molar-refractivity contribution in [1.29, 1.82) is 0 Å². The summed E-state index contributed by atoms with van der Waals surface area (Å²) < 4.78 is 10.5. The van der Waals surface area contributed by atoms with Crippen LogP contribution in [0.25, 0.3) is 0 Å². The van der Waals surface area contributed by atoms with Crippen LogP contribution in [0.4, 0.5) is 0 Å². The zero-order chi connectivity index (χ0) is 14.0. The van der Waals surface area contributed by atoms with Crippen LogP contribution in [-0.4, -0.2) is 25.0 Å². The standard InChI is InChI=1S/C15H18O4/c1-4-18-14(17)15(2,3)13(16)11-9-19-12-8-6-5-7-10(11)12/h5-8,11H,4,9H2,1-3H3. The number of rotatable bonds is 4. The first-order valence-corrected chi connectivity index (χ1v) is 6.41. The summed E-state index contributed by atoms with van der Waals surface area (Å²) in [4.78, 5) is 24.5. The summed E-state index contributed by atoms with van der Waals surface area (Å²) >= 11 is 0. The lowest BCUT2D eigenvalue weighted by Crippen LogP contribution is -2.38. The Labute approximate surface area is 112 Å². The first-order valence-electron chi connectivity index (χ1n) is 6.41. The van der Waals surface area contributed by atoms with E-state index >= 15 is 0 Å². The minimum Gasteiger partial charge on any atom is -0.492 e. The fraction of sp³-hybridized carbons (Fsp3) is 0.467. The van der Waals surface area contributed by atoms with Gasteiger partial charge in [-0.15, -0.1) is 0 Å². The third kappa shape index (κ3) is 2.35. The Morgan fingerprint density at radius 2 is 2.05 bits per heavy atom. The molecule has 0 aromatic heterocycles. The van der Waals surface area contributed by atoms with Gasteiger partial charge in [-0.1, -0.05) is 18.2 Å². The number of esters is 1. The van der Waals surface area contributed by atoms with E-state index in [0.717, 1.165) is 11.3 Å². The molecule has 0 fully saturated rings.